The Morgan fingerprint density at radius 2 is 2.00 bits per heavy atom. The lowest BCUT2D eigenvalue weighted by molar-refractivity contribution is 0.0733. The van der Waals surface area contributed by atoms with Crippen LogP contribution < -0.4 is 4.90 Å². The molecule has 2 aliphatic rings. The summed E-state index contributed by atoms with van der Waals surface area (Å²) in [6.45, 7) is 8.25. The second kappa shape index (κ2) is 4.17. The Bertz CT molecular complexity index is 459. The fourth-order valence-corrected chi connectivity index (χ4v) is 2.89. The molecule has 1 spiro atoms. The predicted molar refractivity (Wildman–Crippen MR) is 75.2 cm³/mol. The van der Waals surface area contributed by atoms with Gasteiger partial charge in [-0.2, -0.15) is 5.10 Å². The van der Waals surface area contributed by atoms with E-state index in [-0.39, 0.29) is 16.9 Å². The third-order valence-corrected chi connectivity index (χ3v) is 4.52. The first kappa shape index (κ1) is 12.9. The van der Waals surface area contributed by atoms with Crippen molar-refractivity contribution in [3.8, 4) is 0 Å². The van der Waals surface area contributed by atoms with Gasteiger partial charge >= 0.3 is 0 Å². The lowest BCUT2D eigenvalue weighted by Crippen LogP contribution is -2.45. The van der Waals surface area contributed by atoms with E-state index < -0.39 is 0 Å². The van der Waals surface area contributed by atoms with Crippen LogP contribution >= 0.6 is 0 Å². The van der Waals surface area contributed by atoms with Crippen molar-refractivity contribution >= 4 is 5.82 Å². The first-order valence-corrected chi connectivity index (χ1v) is 7.18. The fraction of sp³-hybridized carbons (Fsp3) is 0.733. The topological polar surface area (TPSA) is 49.2 Å². The number of anilines is 1. The number of hydrogen-bond acceptors (Lipinski definition) is 4. The molecule has 0 amide bonds. The summed E-state index contributed by atoms with van der Waals surface area (Å²) in [4.78, 5) is 2.28. The quantitative estimate of drug-likeness (QED) is 0.841. The molecule has 0 unspecified atom stereocenters. The van der Waals surface area contributed by atoms with E-state index >= 15 is 0 Å². The maximum atomic E-state index is 10.1. The molecule has 1 aromatic heterocycles. The summed E-state index contributed by atoms with van der Waals surface area (Å²) in [6.07, 6.45) is 3.03. The number of hydrogen-bond donors (Lipinski definition) is 1. The minimum atomic E-state index is -0.120. The van der Waals surface area contributed by atoms with Crippen LogP contribution in [0, 0.1) is 5.41 Å². The van der Waals surface area contributed by atoms with Crippen molar-refractivity contribution in [3.05, 3.63) is 17.8 Å². The summed E-state index contributed by atoms with van der Waals surface area (Å²) >= 11 is 0. The van der Waals surface area contributed by atoms with E-state index in [9.17, 15) is 5.11 Å². The Labute approximate surface area is 114 Å². The zero-order valence-electron chi connectivity index (χ0n) is 12.1. The van der Waals surface area contributed by atoms with Crippen LogP contribution in [0.3, 0.4) is 0 Å². The highest BCUT2D eigenvalue weighted by Gasteiger charge is 2.52. The van der Waals surface area contributed by atoms with Gasteiger partial charge in [0.2, 0.25) is 0 Å². The fourth-order valence-electron chi connectivity index (χ4n) is 2.89. The molecule has 4 heteroatoms. The Hall–Kier alpha value is -1.16. The van der Waals surface area contributed by atoms with E-state index in [4.69, 9.17) is 0 Å². The lowest BCUT2D eigenvalue weighted by Gasteiger charge is -2.37. The summed E-state index contributed by atoms with van der Waals surface area (Å²) < 4.78 is 0. The van der Waals surface area contributed by atoms with E-state index in [1.54, 1.807) is 0 Å². The molecule has 1 saturated carbocycles. The molecule has 2 fully saturated rings. The summed E-state index contributed by atoms with van der Waals surface area (Å²) in [5, 5.41) is 18.8. The van der Waals surface area contributed by atoms with Gasteiger partial charge in [0, 0.05) is 23.9 Å². The molecule has 104 valence electrons. The zero-order valence-corrected chi connectivity index (χ0v) is 12.1. The van der Waals surface area contributed by atoms with Gasteiger partial charge in [0.25, 0.3) is 0 Å². The number of aliphatic hydroxyl groups excluding tert-OH is 1. The highest BCUT2D eigenvalue weighted by Crippen LogP contribution is 2.52. The van der Waals surface area contributed by atoms with Crippen molar-refractivity contribution in [2.24, 2.45) is 5.41 Å². The molecule has 1 atom stereocenters. The molecule has 1 saturated heterocycles. The molecular weight excluding hydrogens is 238 g/mol. The van der Waals surface area contributed by atoms with Crippen LogP contribution in [-0.2, 0) is 5.41 Å². The molecule has 19 heavy (non-hydrogen) atoms. The van der Waals surface area contributed by atoms with Gasteiger partial charge in [0.15, 0.2) is 5.82 Å². The van der Waals surface area contributed by atoms with Crippen LogP contribution in [0.4, 0.5) is 5.82 Å². The molecular formula is C15H23N3O. The molecule has 0 aromatic carbocycles. The van der Waals surface area contributed by atoms with E-state index in [0.29, 0.717) is 0 Å². The van der Waals surface area contributed by atoms with Gasteiger partial charge in [-0.3, -0.25) is 0 Å². The molecule has 4 nitrogen and oxygen atoms in total. The highest BCUT2D eigenvalue weighted by atomic mass is 16.3. The summed E-state index contributed by atoms with van der Waals surface area (Å²) in [5.41, 5.74) is 1.22. The molecule has 1 N–H and O–H groups in total. The first-order chi connectivity index (χ1) is 8.91. The number of piperidine rings is 1. The van der Waals surface area contributed by atoms with Gasteiger partial charge in [-0.15, -0.1) is 5.10 Å². The number of aromatic nitrogens is 2. The number of nitrogens with zero attached hydrogens (tertiary/aromatic N) is 3. The van der Waals surface area contributed by atoms with Gasteiger partial charge in [0.1, 0.15) is 0 Å². The zero-order chi connectivity index (χ0) is 13.7. The van der Waals surface area contributed by atoms with Gasteiger partial charge in [-0.25, -0.2) is 0 Å². The maximum absolute atomic E-state index is 10.1. The van der Waals surface area contributed by atoms with Gasteiger partial charge in [0.05, 0.1) is 11.8 Å². The third-order valence-electron chi connectivity index (χ3n) is 4.52. The summed E-state index contributed by atoms with van der Waals surface area (Å²) in [6, 6.07) is 4.15. The Balaban J connectivity index is 1.76. The van der Waals surface area contributed by atoms with Gasteiger partial charge in [-0.05, 0) is 31.4 Å². The number of rotatable bonds is 1. The van der Waals surface area contributed by atoms with Crippen LogP contribution in [-0.4, -0.2) is 34.5 Å². The molecule has 0 radical (unpaired) electrons. The van der Waals surface area contributed by atoms with E-state index in [1.165, 1.54) is 0 Å². The second-order valence-electron chi connectivity index (χ2n) is 7.12. The average molecular weight is 261 g/mol. The smallest absolute Gasteiger partial charge is 0.151 e. The predicted octanol–water partition coefficient (Wildman–Crippen LogP) is 2.13. The van der Waals surface area contributed by atoms with Crippen molar-refractivity contribution in [2.45, 2.75) is 51.6 Å². The van der Waals surface area contributed by atoms with Crippen molar-refractivity contribution in [1.29, 1.82) is 0 Å². The highest BCUT2D eigenvalue weighted by molar-refractivity contribution is 5.40. The molecule has 1 aliphatic carbocycles. The molecule has 3 rings (SSSR count). The van der Waals surface area contributed by atoms with E-state index in [2.05, 4.69) is 48.0 Å². The monoisotopic (exact) mass is 261 g/mol. The second-order valence-corrected chi connectivity index (χ2v) is 7.12. The Morgan fingerprint density at radius 3 is 2.53 bits per heavy atom. The minimum absolute atomic E-state index is 0.0430. The maximum Gasteiger partial charge on any atom is 0.151 e. The first-order valence-electron chi connectivity index (χ1n) is 7.18. The SMILES string of the molecule is CC(C)(C)c1ccc(N2CC[C@H](O)C3(CC3)C2)nn1. The molecule has 1 aliphatic heterocycles. The normalized spacial score (nSPS) is 25.7. The standard InChI is InChI=1S/C15H23N3O/c1-14(2,3)11-4-5-13(17-16-11)18-9-6-12(19)15(10-18)7-8-15/h4-5,12,19H,6-10H2,1-3H3/t12-/m0/s1. The lowest BCUT2D eigenvalue weighted by atomic mass is 9.91. The van der Waals surface area contributed by atoms with Crippen LogP contribution in [0.1, 0.15) is 45.7 Å². The van der Waals surface area contributed by atoms with Gasteiger partial charge < -0.3 is 10.0 Å². The van der Waals surface area contributed by atoms with Gasteiger partial charge in [-0.1, -0.05) is 20.8 Å². The van der Waals surface area contributed by atoms with E-state index in [0.717, 1.165) is 43.9 Å². The van der Waals surface area contributed by atoms with Crippen molar-refractivity contribution < 1.29 is 5.11 Å². The number of aliphatic hydroxyl groups is 1. The van der Waals surface area contributed by atoms with E-state index in [1.807, 2.05) is 0 Å². The minimum Gasteiger partial charge on any atom is -0.392 e. The van der Waals surface area contributed by atoms with Crippen LogP contribution in [0.15, 0.2) is 12.1 Å². The molecule has 0 bridgehead atoms. The Morgan fingerprint density at radius 1 is 1.26 bits per heavy atom. The molecule has 1 aromatic rings. The summed E-state index contributed by atoms with van der Waals surface area (Å²) in [7, 11) is 0. The average Bonchev–Trinajstić information content (AvgIpc) is 3.13. The van der Waals surface area contributed by atoms with Crippen LogP contribution in [0.2, 0.25) is 0 Å². The third kappa shape index (κ3) is 2.34. The molecule has 2 heterocycles. The van der Waals surface area contributed by atoms with Crippen molar-refractivity contribution in [3.63, 3.8) is 0 Å². The Kier molecular flexibility index (Phi) is 2.82. The largest absolute Gasteiger partial charge is 0.392 e. The van der Waals surface area contributed by atoms with Crippen molar-refractivity contribution in [1.82, 2.24) is 10.2 Å². The summed E-state index contributed by atoms with van der Waals surface area (Å²) in [5.74, 6) is 0.950. The van der Waals surface area contributed by atoms with Crippen LogP contribution in [0.5, 0.6) is 0 Å². The van der Waals surface area contributed by atoms with Crippen LogP contribution in [0.25, 0.3) is 0 Å². The van der Waals surface area contributed by atoms with Crippen molar-refractivity contribution in [2.75, 3.05) is 18.0 Å².